The lowest BCUT2D eigenvalue weighted by Gasteiger charge is -2.34. The van der Waals surface area contributed by atoms with Crippen LogP contribution in [0.5, 0.6) is 0 Å². The minimum atomic E-state index is -0.507. The average Bonchev–Trinajstić information content (AvgIpc) is 2.54. The van der Waals surface area contributed by atoms with Gasteiger partial charge in [0.25, 0.3) is 0 Å². The molecule has 1 aromatic rings. The minimum Gasteiger partial charge on any atom is -0.444 e. The molecule has 24 heavy (non-hydrogen) atoms. The van der Waals surface area contributed by atoms with Gasteiger partial charge < -0.3 is 20.1 Å². The third kappa shape index (κ3) is 5.39. The van der Waals surface area contributed by atoms with E-state index in [0.29, 0.717) is 25.5 Å². The van der Waals surface area contributed by atoms with Gasteiger partial charge >= 0.3 is 6.09 Å². The van der Waals surface area contributed by atoms with Gasteiger partial charge in [-0.2, -0.15) is 0 Å². The van der Waals surface area contributed by atoms with Gasteiger partial charge in [-0.25, -0.2) is 9.79 Å². The van der Waals surface area contributed by atoms with E-state index < -0.39 is 5.60 Å². The summed E-state index contributed by atoms with van der Waals surface area (Å²) in [6.07, 6.45) is -0.499. The van der Waals surface area contributed by atoms with E-state index in [1.54, 1.807) is 4.90 Å². The van der Waals surface area contributed by atoms with Crippen LogP contribution in [-0.2, 0) is 9.47 Å². The van der Waals surface area contributed by atoms with Gasteiger partial charge in [0.15, 0.2) is 0 Å². The molecule has 132 valence electrons. The molecule has 1 aliphatic heterocycles. The zero-order chi connectivity index (χ0) is 17.7. The molecule has 0 aliphatic carbocycles. The van der Waals surface area contributed by atoms with E-state index in [-0.39, 0.29) is 18.1 Å². The quantitative estimate of drug-likeness (QED) is 0.514. The van der Waals surface area contributed by atoms with Gasteiger partial charge in [-0.15, -0.1) is 11.6 Å². The second-order valence-electron chi connectivity index (χ2n) is 6.61. The normalized spacial score (nSPS) is 19.2. The van der Waals surface area contributed by atoms with Crippen molar-refractivity contribution in [2.75, 3.05) is 25.6 Å². The fraction of sp³-hybridized carbons (Fsp3) is 0.529. The Morgan fingerprint density at radius 3 is 2.67 bits per heavy atom. The first-order valence-electron chi connectivity index (χ1n) is 7.87. The number of aliphatic imine (C=N–C) groups is 1. The molecule has 1 unspecified atom stereocenters. The van der Waals surface area contributed by atoms with Gasteiger partial charge in [0.2, 0.25) is 0 Å². The Labute approximate surface area is 147 Å². The molecule has 0 spiro atoms. The summed E-state index contributed by atoms with van der Waals surface area (Å²) in [5.74, 6) is 0.563. The number of carbonyl (C=O) groups is 1. The number of ether oxygens (including phenoxy) is 2. The summed E-state index contributed by atoms with van der Waals surface area (Å²) in [6.45, 7) is 7.03. The third-order valence-electron chi connectivity index (χ3n) is 3.39. The molecular weight excluding hydrogens is 330 g/mol. The summed E-state index contributed by atoms with van der Waals surface area (Å²) >= 11 is 5.62. The number of carbonyl (C=O) groups excluding carboxylic acids is 1. The number of rotatable bonds is 3. The number of benzene rings is 1. The van der Waals surface area contributed by atoms with Crippen LogP contribution in [0.1, 0.15) is 32.4 Å². The zero-order valence-electron chi connectivity index (χ0n) is 14.3. The molecule has 1 heterocycles. The maximum absolute atomic E-state index is 12.2. The van der Waals surface area contributed by atoms with Crippen molar-refractivity contribution in [2.45, 2.75) is 32.5 Å². The number of amides is 1. The predicted molar refractivity (Wildman–Crippen MR) is 94.9 cm³/mol. The molecule has 2 rings (SSSR count). The fourth-order valence-electron chi connectivity index (χ4n) is 2.30. The van der Waals surface area contributed by atoms with Crippen LogP contribution in [0.25, 0.3) is 0 Å². The monoisotopic (exact) mass is 353 g/mol. The van der Waals surface area contributed by atoms with Crippen LogP contribution in [0.2, 0.25) is 0 Å². The Kier molecular flexibility index (Phi) is 6.07. The van der Waals surface area contributed by atoms with Crippen LogP contribution in [0.4, 0.5) is 10.5 Å². The molecule has 1 fully saturated rings. The van der Waals surface area contributed by atoms with Gasteiger partial charge in [0.1, 0.15) is 17.5 Å². The third-order valence-corrected chi connectivity index (χ3v) is 3.67. The van der Waals surface area contributed by atoms with E-state index in [0.717, 1.165) is 11.3 Å². The second-order valence-corrected chi connectivity index (χ2v) is 6.88. The smallest absolute Gasteiger partial charge is 0.410 e. The topological polar surface area (TPSA) is 77.1 Å². The first kappa shape index (κ1) is 18.5. The van der Waals surface area contributed by atoms with E-state index in [9.17, 15) is 4.79 Å². The highest BCUT2D eigenvalue weighted by molar-refractivity contribution is 6.28. The molecule has 7 heteroatoms. The van der Waals surface area contributed by atoms with Gasteiger partial charge in [-0.1, -0.05) is 12.1 Å². The largest absolute Gasteiger partial charge is 0.444 e. The number of amidine groups is 1. The van der Waals surface area contributed by atoms with Crippen molar-refractivity contribution < 1.29 is 14.3 Å². The van der Waals surface area contributed by atoms with Gasteiger partial charge in [-0.3, -0.25) is 0 Å². The molecule has 0 saturated carbocycles. The standard InChI is InChI=1S/C17H24ClN3O3/c1-17(2,3)24-16(22)21-8-9-23-14(11-21)12-4-6-13(7-5-12)20-15(19)10-18/h4-7,14H,8-11H2,1-3H3,(H2,19,20). The molecule has 1 atom stereocenters. The molecular formula is C17H24ClN3O3. The van der Waals surface area contributed by atoms with Crippen LogP contribution >= 0.6 is 11.6 Å². The Morgan fingerprint density at radius 1 is 1.42 bits per heavy atom. The molecule has 1 saturated heterocycles. The van der Waals surface area contributed by atoms with E-state index in [1.165, 1.54) is 0 Å². The second kappa shape index (κ2) is 7.85. The number of hydrogen-bond acceptors (Lipinski definition) is 4. The highest BCUT2D eigenvalue weighted by atomic mass is 35.5. The Balaban J connectivity index is 2.03. The summed E-state index contributed by atoms with van der Waals surface area (Å²) in [7, 11) is 0. The molecule has 1 aromatic carbocycles. The van der Waals surface area contributed by atoms with Crippen LogP contribution in [-0.4, -0.2) is 48.0 Å². The lowest BCUT2D eigenvalue weighted by atomic mass is 10.1. The Hall–Kier alpha value is -1.79. The van der Waals surface area contributed by atoms with Gasteiger partial charge in [0, 0.05) is 6.54 Å². The van der Waals surface area contributed by atoms with Crippen molar-refractivity contribution in [3.8, 4) is 0 Å². The summed E-state index contributed by atoms with van der Waals surface area (Å²) < 4.78 is 11.2. The first-order chi connectivity index (χ1) is 11.3. The van der Waals surface area contributed by atoms with E-state index >= 15 is 0 Å². The highest BCUT2D eigenvalue weighted by Crippen LogP contribution is 2.25. The maximum Gasteiger partial charge on any atom is 0.410 e. The summed E-state index contributed by atoms with van der Waals surface area (Å²) in [5, 5.41) is 0. The van der Waals surface area contributed by atoms with Crippen LogP contribution in [0.15, 0.2) is 29.3 Å². The van der Waals surface area contributed by atoms with Crippen molar-refractivity contribution in [1.29, 1.82) is 0 Å². The number of halogens is 1. The molecule has 2 N–H and O–H groups in total. The predicted octanol–water partition coefficient (Wildman–Crippen LogP) is 3.22. The number of hydrogen-bond donors (Lipinski definition) is 1. The maximum atomic E-state index is 12.2. The number of nitrogens with zero attached hydrogens (tertiary/aromatic N) is 2. The van der Waals surface area contributed by atoms with Crippen LogP contribution < -0.4 is 5.73 Å². The van der Waals surface area contributed by atoms with E-state index in [2.05, 4.69) is 4.99 Å². The molecule has 1 aliphatic rings. The Morgan fingerprint density at radius 2 is 2.08 bits per heavy atom. The van der Waals surface area contributed by atoms with E-state index in [1.807, 2.05) is 45.0 Å². The van der Waals surface area contributed by atoms with Crippen molar-refractivity contribution >= 4 is 29.2 Å². The van der Waals surface area contributed by atoms with Crippen LogP contribution in [0.3, 0.4) is 0 Å². The minimum absolute atomic E-state index is 0.185. The summed E-state index contributed by atoms with van der Waals surface area (Å²) in [6, 6.07) is 7.54. The number of alkyl halides is 1. The Bertz CT molecular complexity index is 596. The SMILES string of the molecule is CC(C)(C)OC(=O)N1CCOC(c2ccc(N=C(N)CCl)cc2)C1. The molecule has 0 bridgehead atoms. The van der Waals surface area contributed by atoms with Gasteiger partial charge in [-0.05, 0) is 38.5 Å². The van der Waals surface area contributed by atoms with Crippen molar-refractivity contribution in [3.63, 3.8) is 0 Å². The average molecular weight is 354 g/mol. The number of morpholine rings is 1. The van der Waals surface area contributed by atoms with Crippen LogP contribution in [0, 0.1) is 0 Å². The molecule has 1 amide bonds. The lowest BCUT2D eigenvalue weighted by Crippen LogP contribution is -2.44. The molecule has 0 radical (unpaired) electrons. The zero-order valence-corrected chi connectivity index (χ0v) is 15.0. The first-order valence-corrected chi connectivity index (χ1v) is 8.40. The summed E-state index contributed by atoms with van der Waals surface area (Å²) in [5.41, 5.74) is 6.83. The van der Waals surface area contributed by atoms with Gasteiger partial charge in [0.05, 0.1) is 24.7 Å². The summed E-state index contributed by atoms with van der Waals surface area (Å²) in [4.78, 5) is 18.1. The van der Waals surface area contributed by atoms with E-state index in [4.69, 9.17) is 26.8 Å². The van der Waals surface area contributed by atoms with Crippen molar-refractivity contribution in [3.05, 3.63) is 29.8 Å². The van der Waals surface area contributed by atoms with Crippen molar-refractivity contribution in [1.82, 2.24) is 4.90 Å². The number of nitrogens with two attached hydrogens (primary N) is 1. The molecule has 0 aromatic heterocycles. The highest BCUT2D eigenvalue weighted by Gasteiger charge is 2.28. The lowest BCUT2D eigenvalue weighted by molar-refractivity contribution is -0.0432. The molecule has 6 nitrogen and oxygen atoms in total. The van der Waals surface area contributed by atoms with Crippen molar-refractivity contribution in [2.24, 2.45) is 10.7 Å². The fourth-order valence-corrected chi connectivity index (χ4v) is 2.36.